The number of hydrogen-bond donors (Lipinski definition) is 2. The van der Waals surface area contributed by atoms with E-state index in [4.69, 9.17) is 4.74 Å². The molecule has 2 heterocycles. The molecule has 0 radical (unpaired) electrons. The zero-order valence-electron chi connectivity index (χ0n) is 21.9. The lowest BCUT2D eigenvalue weighted by Crippen LogP contribution is -2.24. The van der Waals surface area contributed by atoms with Gasteiger partial charge in [-0.15, -0.1) is 0 Å². The maximum absolute atomic E-state index is 13.7. The number of aromatic hydroxyl groups is 1. The van der Waals surface area contributed by atoms with Crippen LogP contribution in [0.15, 0.2) is 81.4 Å². The van der Waals surface area contributed by atoms with Gasteiger partial charge in [-0.1, -0.05) is 31.5 Å². The lowest BCUT2D eigenvalue weighted by molar-refractivity contribution is 0.415. The van der Waals surface area contributed by atoms with Gasteiger partial charge in [0.1, 0.15) is 11.4 Å². The third-order valence-electron chi connectivity index (χ3n) is 6.52. The van der Waals surface area contributed by atoms with Gasteiger partial charge in [-0.25, -0.2) is 8.42 Å². The average molecular weight is 534 g/mol. The normalized spacial score (nSPS) is 11.4. The number of aromatic nitrogens is 2. The third kappa shape index (κ3) is 5.15. The molecular formula is C29H31N3O5S. The smallest absolute Gasteiger partial charge is 0.271 e. The highest BCUT2D eigenvalue weighted by Crippen LogP contribution is 2.40. The van der Waals surface area contributed by atoms with E-state index in [-0.39, 0.29) is 10.6 Å². The summed E-state index contributed by atoms with van der Waals surface area (Å²) in [6.45, 7) is 3.89. The number of methoxy groups -OCH3 is 1. The summed E-state index contributed by atoms with van der Waals surface area (Å²) in [5, 5.41) is 11.4. The second-order valence-electron chi connectivity index (χ2n) is 8.98. The Morgan fingerprint density at radius 2 is 1.74 bits per heavy atom. The van der Waals surface area contributed by atoms with Gasteiger partial charge < -0.3 is 19.7 Å². The van der Waals surface area contributed by atoms with E-state index in [2.05, 4.69) is 9.97 Å². The predicted molar refractivity (Wildman–Crippen MR) is 148 cm³/mol. The monoisotopic (exact) mass is 533 g/mol. The minimum atomic E-state index is -4.35. The number of rotatable bonds is 9. The SMILES string of the molecule is CCCCc1[nH]c(=O)c(S(=O)(=O)c2ccc(-c3cccnc3C)cc2)c(O)c1N(C)c1ccc(OC)cc1. The van der Waals surface area contributed by atoms with Crippen molar-refractivity contribution < 1.29 is 18.3 Å². The van der Waals surface area contributed by atoms with Crippen LogP contribution in [0.4, 0.5) is 11.4 Å². The Bertz CT molecular complexity index is 1600. The van der Waals surface area contributed by atoms with Gasteiger partial charge in [-0.2, -0.15) is 0 Å². The van der Waals surface area contributed by atoms with E-state index in [9.17, 15) is 18.3 Å². The molecule has 0 amide bonds. The molecule has 0 fully saturated rings. The van der Waals surface area contributed by atoms with Gasteiger partial charge in [0.15, 0.2) is 10.6 Å². The van der Waals surface area contributed by atoms with Crippen molar-refractivity contribution in [1.29, 1.82) is 0 Å². The van der Waals surface area contributed by atoms with Crippen LogP contribution in [-0.4, -0.2) is 37.6 Å². The topological polar surface area (TPSA) is 113 Å². The molecule has 38 heavy (non-hydrogen) atoms. The van der Waals surface area contributed by atoms with Crippen LogP contribution in [0.25, 0.3) is 11.1 Å². The molecule has 4 aromatic rings. The number of hydrogen-bond acceptors (Lipinski definition) is 7. The Labute approximate surface area is 222 Å². The molecule has 8 nitrogen and oxygen atoms in total. The van der Waals surface area contributed by atoms with E-state index >= 15 is 0 Å². The van der Waals surface area contributed by atoms with Gasteiger partial charge in [-0.3, -0.25) is 9.78 Å². The van der Waals surface area contributed by atoms with Gasteiger partial charge in [-0.05, 0) is 67.8 Å². The molecule has 0 spiro atoms. The summed E-state index contributed by atoms with van der Waals surface area (Å²) in [4.78, 5) is 21.1. The highest BCUT2D eigenvalue weighted by Gasteiger charge is 2.31. The van der Waals surface area contributed by atoms with Crippen molar-refractivity contribution in [2.45, 2.75) is 42.9 Å². The molecular weight excluding hydrogens is 502 g/mol. The van der Waals surface area contributed by atoms with Gasteiger partial charge in [0, 0.05) is 35.9 Å². The number of ether oxygens (including phenoxy) is 1. The first-order valence-electron chi connectivity index (χ1n) is 12.3. The summed E-state index contributed by atoms with van der Waals surface area (Å²) in [5.41, 5.74) is 3.02. The van der Waals surface area contributed by atoms with E-state index < -0.39 is 26.0 Å². The number of sulfone groups is 1. The molecule has 0 aliphatic heterocycles. The minimum absolute atomic E-state index is 0.0945. The molecule has 0 aliphatic rings. The molecule has 0 bridgehead atoms. The van der Waals surface area contributed by atoms with Crippen molar-refractivity contribution in [2.75, 3.05) is 19.1 Å². The summed E-state index contributed by atoms with van der Waals surface area (Å²) in [6, 6.07) is 17.0. The first-order valence-corrected chi connectivity index (χ1v) is 13.8. The molecule has 198 valence electrons. The van der Waals surface area contributed by atoms with E-state index in [0.717, 1.165) is 29.7 Å². The number of nitrogens with one attached hydrogen (secondary N) is 1. The predicted octanol–water partition coefficient (Wildman–Crippen LogP) is 5.40. The van der Waals surface area contributed by atoms with Crippen molar-refractivity contribution in [3.63, 3.8) is 0 Å². The highest BCUT2D eigenvalue weighted by molar-refractivity contribution is 7.91. The first kappa shape index (κ1) is 26.9. The van der Waals surface area contributed by atoms with Gasteiger partial charge in [0.05, 0.1) is 12.0 Å². The molecule has 0 atom stereocenters. The highest BCUT2D eigenvalue weighted by atomic mass is 32.2. The summed E-state index contributed by atoms with van der Waals surface area (Å²) in [5.74, 6) is 0.0811. The Kier molecular flexibility index (Phi) is 7.87. The zero-order valence-corrected chi connectivity index (χ0v) is 22.7. The number of anilines is 2. The van der Waals surface area contributed by atoms with Crippen LogP contribution in [0.1, 0.15) is 31.2 Å². The molecule has 0 saturated heterocycles. The fourth-order valence-electron chi connectivity index (χ4n) is 4.41. The Balaban J connectivity index is 1.83. The summed E-state index contributed by atoms with van der Waals surface area (Å²) in [6.07, 6.45) is 3.77. The molecule has 4 rings (SSSR count). The molecule has 2 N–H and O–H groups in total. The first-order chi connectivity index (χ1) is 18.2. The molecule has 0 saturated carbocycles. The molecule has 0 aliphatic carbocycles. The number of benzene rings is 2. The van der Waals surface area contributed by atoms with Crippen LogP contribution in [0.3, 0.4) is 0 Å². The largest absolute Gasteiger partial charge is 0.504 e. The quantitative estimate of drug-likeness (QED) is 0.296. The maximum atomic E-state index is 13.7. The van der Waals surface area contributed by atoms with E-state index in [1.54, 1.807) is 61.7 Å². The fourth-order valence-corrected chi connectivity index (χ4v) is 5.79. The van der Waals surface area contributed by atoms with Crippen LogP contribution >= 0.6 is 0 Å². The van der Waals surface area contributed by atoms with Crippen molar-refractivity contribution in [2.24, 2.45) is 0 Å². The number of unbranched alkanes of at least 4 members (excludes halogenated alkanes) is 1. The molecule has 9 heteroatoms. The minimum Gasteiger partial charge on any atom is -0.504 e. The van der Waals surface area contributed by atoms with Crippen molar-refractivity contribution in [3.05, 3.63) is 88.6 Å². The number of pyridine rings is 2. The summed E-state index contributed by atoms with van der Waals surface area (Å²) < 4.78 is 32.6. The van der Waals surface area contributed by atoms with Crippen LogP contribution in [0, 0.1) is 6.92 Å². The van der Waals surface area contributed by atoms with Crippen molar-refractivity contribution >= 4 is 21.2 Å². The maximum Gasteiger partial charge on any atom is 0.271 e. The number of nitrogens with zero attached hydrogens (tertiary/aromatic N) is 2. The van der Waals surface area contributed by atoms with E-state index in [0.29, 0.717) is 23.6 Å². The number of H-pyrrole nitrogens is 1. The second kappa shape index (κ2) is 11.1. The lowest BCUT2D eigenvalue weighted by atomic mass is 10.1. The number of aryl methyl sites for hydroxylation is 2. The van der Waals surface area contributed by atoms with Crippen LogP contribution in [0.5, 0.6) is 11.5 Å². The van der Waals surface area contributed by atoms with E-state index in [1.165, 1.54) is 12.1 Å². The van der Waals surface area contributed by atoms with Gasteiger partial charge in [0.2, 0.25) is 9.84 Å². The van der Waals surface area contributed by atoms with Crippen molar-refractivity contribution in [3.8, 4) is 22.6 Å². The van der Waals surface area contributed by atoms with Gasteiger partial charge >= 0.3 is 0 Å². The van der Waals surface area contributed by atoms with Crippen molar-refractivity contribution in [1.82, 2.24) is 9.97 Å². The van der Waals surface area contributed by atoms with E-state index in [1.807, 2.05) is 26.0 Å². The van der Waals surface area contributed by atoms with Gasteiger partial charge in [0.25, 0.3) is 5.56 Å². The Hall–Kier alpha value is -4.11. The second-order valence-corrected chi connectivity index (χ2v) is 10.9. The Morgan fingerprint density at radius 3 is 2.34 bits per heavy atom. The van der Waals surface area contributed by atoms with Crippen LogP contribution < -0.4 is 15.2 Å². The molecule has 2 aromatic heterocycles. The lowest BCUT2D eigenvalue weighted by Gasteiger charge is -2.25. The Morgan fingerprint density at radius 1 is 1.05 bits per heavy atom. The zero-order chi connectivity index (χ0) is 27.4. The molecule has 2 aromatic carbocycles. The summed E-state index contributed by atoms with van der Waals surface area (Å²) >= 11 is 0. The third-order valence-corrected chi connectivity index (χ3v) is 8.33. The standard InChI is InChI=1S/C29H31N3O5S/c1-5-6-9-25-26(32(3)21-12-14-22(37-4)15-13-21)27(33)28(29(34)31-25)38(35,36)23-16-10-20(11-17-23)24-8-7-18-30-19(24)2/h7-8,10-18H,5-6,9H2,1-4H3,(H2,31,33,34). The van der Waals surface area contributed by atoms with Crippen LogP contribution in [-0.2, 0) is 16.3 Å². The average Bonchev–Trinajstić information content (AvgIpc) is 2.91. The number of aromatic amines is 1. The fraction of sp³-hybridized carbons (Fsp3) is 0.241. The molecule has 0 unspecified atom stereocenters. The summed E-state index contributed by atoms with van der Waals surface area (Å²) in [7, 11) is -1.07. The van der Waals surface area contributed by atoms with Crippen LogP contribution in [0.2, 0.25) is 0 Å².